The molecule has 148 valence electrons. The number of ether oxygens (including phenoxy) is 1. The molecule has 0 saturated heterocycles. The first-order valence-electron chi connectivity index (χ1n) is 8.88. The molecule has 0 unspecified atom stereocenters. The van der Waals surface area contributed by atoms with Gasteiger partial charge in [-0.15, -0.1) is 0 Å². The Balaban J connectivity index is 1.61. The number of carbonyl (C=O) groups is 1. The number of carbonyl (C=O) groups excluding carboxylic acids is 1. The van der Waals surface area contributed by atoms with Crippen molar-refractivity contribution < 1.29 is 9.53 Å². The molecule has 0 saturated carbocycles. The third-order valence-electron chi connectivity index (χ3n) is 4.11. The van der Waals surface area contributed by atoms with Gasteiger partial charge in [0.1, 0.15) is 5.75 Å². The number of hydrogen-bond donors (Lipinski definition) is 1. The van der Waals surface area contributed by atoms with Gasteiger partial charge in [-0.05, 0) is 67.4 Å². The van der Waals surface area contributed by atoms with Gasteiger partial charge in [0, 0.05) is 10.7 Å². The number of nitrogens with one attached hydrogen (secondary N) is 1. The molecule has 0 heterocycles. The molecule has 0 aliphatic carbocycles. The van der Waals surface area contributed by atoms with Gasteiger partial charge in [0.25, 0.3) is 5.91 Å². The van der Waals surface area contributed by atoms with Crippen molar-refractivity contribution in [2.45, 2.75) is 13.8 Å². The summed E-state index contributed by atoms with van der Waals surface area (Å²) in [5.74, 6) is 0.0964. The van der Waals surface area contributed by atoms with E-state index in [2.05, 4.69) is 15.5 Å². The molecule has 0 aliphatic rings. The van der Waals surface area contributed by atoms with Crippen molar-refractivity contribution in [3.8, 4) is 5.75 Å². The van der Waals surface area contributed by atoms with Crippen molar-refractivity contribution in [2.75, 3.05) is 11.9 Å². The fourth-order valence-corrected chi connectivity index (χ4v) is 3.02. The number of amides is 1. The summed E-state index contributed by atoms with van der Waals surface area (Å²) >= 11 is 11.9. The van der Waals surface area contributed by atoms with E-state index in [0.717, 1.165) is 22.5 Å². The highest BCUT2D eigenvalue weighted by Gasteiger charge is 2.08. The number of benzene rings is 3. The molecule has 5 nitrogen and oxygen atoms in total. The van der Waals surface area contributed by atoms with Crippen LogP contribution in [0.2, 0.25) is 10.0 Å². The van der Waals surface area contributed by atoms with Gasteiger partial charge in [-0.2, -0.15) is 10.2 Å². The van der Waals surface area contributed by atoms with Gasteiger partial charge in [-0.25, -0.2) is 0 Å². The van der Waals surface area contributed by atoms with Crippen LogP contribution < -0.4 is 10.1 Å². The number of rotatable bonds is 6. The first-order chi connectivity index (χ1) is 13.9. The Morgan fingerprint density at radius 3 is 2.34 bits per heavy atom. The molecule has 0 radical (unpaired) electrons. The Labute approximate surface area is 179 Å². The molecule has 29 heavy (non-hydrogen) atoms. The zero-order valence-electron chi connectivity index (χ0n) is 15.9. The summed E-state index contributed by atoms with van der Waals surface area (Å²) in [7, 11) is 0. The van der Waals surface area contributed by atoms with Crippen molar-refractivity contribution in [3.63, 3.8) is 0 Å². The van der Waals surface area contributed by atoms with Crippen molar-refractivity contribution in [2.24, 2.45) is 10.2 Å². The number of nitrogens with zero attached hydrogens (tertiary/aromatic N) is 2. The molecule has 0 atom stereocenters. The maximum atomic E-state index is 12.2. The first kappa shape index (κ1) is 20.8. The van der Waals surface area contributed by atoms with Crippen LogP contribution in [0.4, 0.5) is 17.1 Å². The first-order valence-corrected chi connectivity index (χ1v) is 9.64. The maximum Gasteiger partial charge on any atom is 0.262 e. The van der Waals surface area contributed by atoms with Crippen molar-refractivity contribution in [1.29, 1.82) is 0 Å². The highest BCUT2D eigenvalue weighted by Crippen LogP contribution is 2.28. The predicted octanol–water partition coefficient (Wildman–Crippen LogP) is 7.04. The molecule has 0 aliphatic heterocycles. The highest BCUT2D eigenvalue weighted by molar-refractivity contribution is 6.35. The van der Waals surface area contributed by atoms with E-state index in [4.69, 9.17) is 27.9 Å². The van der Waals surface area contributed by atoms with Crippen LogP contribution in [-0.4, -0.2) is 12.5 Å². The van der Waals surface area contributed by atoms with Crippen LogP contribution in [0.3, 0.4) is 0 Å². The second-order valence-electron chi connectivity index (χ2n) is 6.40. The topological polar surface area (TPSA) is 63.0 Å². The van der Waals surface area contributed by atoms with Crippen LogP contribution >= 0.6 is 23.2 Å². The number of hydrogen-bond acceptors (Lipinski definition) is 4. The van der Waals surface area contributed by atoms with Gasteiger partial charge in [-0.1, -0.05) is 41.4 Å². The fraction of sp³-hybridized carbons (Fsp3) is 0.136. The van der Waals surface area contributed by atoms with Gasteiger partial charge < -0.3 is 10.1 Å². The molecular weight excluding hydrogens is 409 g/mol. The van der Waals surface area contributed by atoms with Crippen molar-refractivity contribution in [1.82, 2.24) is 0 Å². The second-order valence-corrected chi connectivity index (χ2v) is 7.24. The quantitative estimate of drug-likeness (QED) is 0.428. The molecule has 0 bridgehead atoms. The van der Waals surface area contributed by atoms with Gasteiger partial charge in [0.15, 0.2) is 6.61 Å². The van der Waals surface area contributed by atoms with Gasteiger partial charge in [0.05, 0.1) is 16.4 Å². The molecule has 0 aromatic heterocycles. The summed E-state index contributed by atoms with van der Waals surface area (Å²) in [6.07, 6.45) is 0. The van der Waals surface area contributed by atoms with E-state index in [0.29, 0.717) is 21.5 Å². The van der Waals surface area contributed by atoms with Crippen LogP contribution in [0.15, 0.2) is 70.9 Å². The maximum absolute atomic E-state index is 12.2. The van der Waals surface area contributed by atoms with E-state index in [1.165, 1.54) is 0 Å². The minimum atomic E-state index is -0.301. The van der Waals surface area contributed by atoms with Crippen LogP contribution in [0.25, 0.3) is 0 Å². The van der Waals surface area contributed by atoms with Gasteiger partial charge in [0.2, 0.25) is 0 Å². The molecule has 7 heteroatoms. The third-order valence-corrected chi connectivity index (χ3v) is 4.64. The fourth-order valence-electron chi connectivity index (χ4n) is 2.56. The second kappa shape index (κ2) is 9.54. The minimum Gasteiger partial charge on any atom is -0.482 e. The van der Waals surface area contributed by atoms with Crippen LogP contribution in [-0.2, 0) is 4.79 Å². The van der Waals surface area contributed by atoms with Gasteiger partial charge >= 0.3 is 0 Å². The molecule has 1 N–H and O–H groups in total. The van der Waals surface area contributed by atoms with Crippen molar-refractivity contribution in [3.05, 3.63) is 81.8 Å². The lowest BCUT2D eigenvalue weighted by Crippen LogP contribution is -2.20. The number of halogens is 2. The van der Waals surface area contributed by atoms with E-state index in [-0.39, 0.29) is 12.5 Å². The van der Waals surface area contributed by atoms with E-state index in [1.54, 1.807) is 24.3 Å². The molecule has 0 fully saturated rings. The number of aryl methyl sites for hydroxylation is 2. The molecule has 3 aromatic carbocycles. The summed E-state index contributed by atoms with van der Waals surface area (Å²) in [4.78, 5) is 12.2. The Morgan fingerprint density at radius 1 is 0.931 bits per heavy atom. The van der Waals surface area contributed by atoms with Crippen LogP contribution in [0.1, 0.15) is 11.1 Å². The van der Waals surface area contributed by atoms with E-state index < -0.39 is 0 Å². The standard InChI is InChI=1S/C22H19Cl2N3O2/c1-14-5-3-4-6-19(14)26-27-20-9-8-17(11-15(20)2)25-22(28)13-29-21-10-7-16(23)12-18(21)24/h3-12H,13H2,1-2H3,(H,25,28). The van der Waals surface area contributed by atoms with E-state index in [1.807, 2.05) is 50.2 Å². The average molecular weight is 428 g/mol. The Kier molecular flexibility index (Phi) is 6.86. The third kappa shape index (κ3) is 5.79. The number of anilines is 1. The van der Waals surface area contributed by atoms with Crippen LogP contribution in [0, 0.1) is 13.8 Å². The monoisotopic (exact) mass is 427 g/mol. The summed E-state index contributed by atoms with van der Waals surface area (Å²) in [6.45, 7) is 3.72. The van der Waals surface area contributed by atoms with E-state index >= 15 is 0 Å². The van der Waals surface area contributed by atoms with Gasteiger partial charge in [-0.3, -0.25) is 4.79 Å². The Hall–Kier alpha value is -2.89. The average Bonchev–Trinajstić information content (AvgIpc) is 2.68. The molecule has 3 aromatic rings. The summed E-state index contributed by atoms with van der Waals surface area (Å²) in [5, 5.41) is 12.3. The van der Waals surface area contributed by atoms with Crippen molar-refractivity contribution >= 4 is 46.2 Å². The summed E-state index contributed by atoms with van der Waals surface area (Å²) in [6, 6.07) is 18.0. The normalized spacial score (nSPS) is 10.9. The molecule has 0 spiro atoms. The van der Waals surface area contributed by atoms with Crippen LogP contribution in [0.5, 0.6) is 5.75 Å². The highest BCUT2D eigenvalue weighted by atomic mass is 35.5. The zero-order chi connectivity index (χ0) is 20.8. The lowest BCUT2D eigenvalue weighted by Gasteiger charge is -2.10. The molecule has 3 rings (SSSR count). The molecular formula is C22H19Cl2N3O2. The predicted molar refractivity (Wildman–Crippen MR) is 117 cm³/mol. The lowest BCUT2D eigenvalue weighted by atomic mass is 10.2. The SMILES string of the molecule is Cc1ccccc1N=Nc1ccc(NC(=O)COc2ccc(Cl)cc2Cl)cc1C. The smallest absolute Gasteiger partial charge is 0.262 e. The molecule has 1 amide bonds. The summed E-state index contributed by atoms with van der Waals surface area (Å²) in [5.41, 5.74) is 4.14. The minimum absolute atomic E-state index is 0.171. The lowest BCUT2D eigenvalue weighted by molar-refractivity contribution is -0.118. The Bertz CT molecular complexity index is 1070. The summed E-state index contributed by atoms with van der Waals surface area (Å²) < 4.78 is 5.44. The zero-order valence-corrected chi connectivity index (χ0v) is 17.5. The van der Waals surface area contributed by atoms with E-state index in [9.17, 15) is 4.79 Å². The number of azo groups is 1. The Morgan fingerprint density at radius 2 is 1.66 bits per heavy atom. The largest absolute Gasteiger partial charge is 0.482 e.